The quantitative estimate of drug-likeness (QED) is 0.189. The van der Waals surface area contributed by atoms with E-state index in [0.717, 1.165) is 40.3 Å². The summed E-state index contributed by atoms with van der Waals surface area (Å²) in [5.41, 5.74) is 16.5. The van der Waals surface area contributed by atoms with Crippen LogP contribution in [0.4, 0.5) is 17.1 Å². The van der Waals surface area contributed by atoms with Gasteiger partial charge in [-0.15, -0.1) is 0 Å². The number of hydrogen-bond donors (Lipinski definition) is 0. The highest BCUT2D eigenvalue weighted by atomic mass is 15.2. The molecule has 0 saturated carbocycles. The maximum Gasteiger partial charge on any atom is 0.114 e. The topological polar surface area (TPSA) is 21.1 Å². The van der Waals surface area contributed by atoms with Gasteiger partial charge in [-0.1, -0.05) is 140 Å². The van der Waals surface area contributed by atoms with Gasteiger partial charge in [0.05, 0.1) is 33.5 Å². The van der Waals surface area contributed by atoms with Gasteiger partial charge in [-0.25, -0.2) is 4.98 Å². The largest absolute Gasteiger partial charge is 0.306 e. The predicted octanol–water partition coefficient (Wildman–Crippen LogP) is 11.4. The Bertz CT molecular complexity index is 2490. The Morgan fingerprint density at radius 3 is 1.88 bits per heavy atom. The van der Waals surface area contributed by atoms with Gasteiger partial charge in [0.2, 0.25) is 0 Å². The second kappa shape index (κ2) is 10.7. The van der Waals surface area contributed by atoms with Crippen LogP contribution in [0.5, 0.6) is 0 Å². The van der Waals surface area contributed by atoms with Crippen LogP contribution in [0.15, 0.2) is 170 Å². The van der Waals surface area contributed by atoms with Gasteiger partial charge in [0.25, 0.3) is 0 Å². The van der Waals surface area contributed by atoms with Crippen LogP contribution < -0.4 is 4.90 Å². The fraction of sp³-hybridized carbons (Fsp3) is 0.0652. The van der Waals surface area contributed by atoms with E-state index < -0.39 is 5.41 Å². The van der Waals surface area contributed by atoms with Crippen LogP contribution in [0, 0.1) is 0 Å². The van der Waals surface area contributed by atoms with Crippen molar-refractivity contribution in [1.29, 1.82) is 0 Å². The van der Waals surface area contributed by atoms with Crippen LogP contribution >= 0.6 is 0 Å². The molecule has 7 aromatic carbocycles. The molecule has 0 spiro atoms. The lowest BCUT2D eigenvalue weighted by molar-refractivity contribution is 0.769. The minimum absolute atomic E-state index is 0.460. The number of fused-ring (bicyclic) bond motifs is 5. The van der Waals surface area contributed by atoms with Gasteiger partial charge in [0.1, 0.15) is 5.82 Å². The zero-order chi connectivity index (χ0) is 32.5. The molecule has 0 fully saturated rings. The molecule has 10 rings (SSSR count). The highest BCUT2D eigenvalue weighted by molar-refractivity contribution is 6.04. The summed E-state index contributed by atoms with van der Waals surface area (Å²) >= 11 is 0. The van der Waals surface area contributed by atoms with Crippen molar-refractivity contribution in [2.45, 2.75) is 18.8 Å². The minimum Gasteiger partial charge on any atom is -0.306 e. The molecule has 0 radical (unpaired) electrons. The fourth-order valence-electron chi connectivity index (χ4n) is 8.59. The Morgan fingerprint density at radius 2 is 1.14 bits per heavy atom. The molecular weight excluding hydrogens is 595 g/mol. The van der Waals surface area contributed by atoms with Crippen molar-refractivity contribution in [1.82, 2.24) is 9.55 Å². The molecule has 0 amide bonds. The van der Waals surface area contributed by atoms with E-state index in [0.29, 0.717) is 0 Å². The summed E-state index contributed by atoms with van der Waals surface area (Å²) in [4.78, 5) is 7.59. The molecule has 3 heteroatoms. The van der Waals surface area contributed by atoms with Gasteiger partial charge in [-0.2, -0.15) is 0 Å². The Labute approximate surface area is 286 Å². The van der Waals surface area contributed by atoms with Gasteiger partial charge in [0.15, 0.2) is 0 Å². The van der Waals surface area contributed by atoms with E-state index in [1.807, 2.05) is 0 Å². The molecule has 0 bridgehead atoms. The number of nitrogens with zero attached hydrogens (tertiary/aromatic N) is 3. The molecule has 0 atom stereocenters. The predicted molar refractivity (Wildman–Crippen MR) is 201 cm³/mol. The smallest absolute Gasteiger partial charge is 0.114 e. The first-order valence-electron chi connectivity index (χ1n) is 17.1. The minimum atomic E-state index is -0.460. The van der Waals surface area contributed by atoms with Crippen LogP contribution in [-0.2, 0) is 11.8 Å². The molecular formula is C46H33N3. The molecule has 0 unspecified atom stereocenters. The molecule has 0 N–H and O–H groups in total. The standard InChI is InChI=1S/C46H33N3/c1-2-43-47-40-25-15-27-42-45(40)49(43)44-35(23-14-26-41(44)48(42)34-20-10-5-11-21-34)31-28-29-37-36-22-12-13-24-38(36)46(39(37)30-31,32-16-6-3-7-17-32)33-18-8-4-9-19-33/h3-30H,2H2,1H3. The summed E-state index contributed by atoms with van der Waals surface area (Å²) in [5, 5.41) is 0. The number of anilines is 3. The molecule has 2 heterocycles. The molecule has 1 aliphatic carbocycles. The van der Waals surface area contributed by atoms with Crippen LogP contribution in [0.3, 0.4) is 0 Å². The normalized spacial score (nSPS) is 13.6. The van der Waals surface area contributed by atoms with Crippen LogP contribution in [-0.4, -0.2) is 9.55 Å². The van der Waals surface area contributed by atoms with Crippen molar-refractivity contribution in [3.63, 3.8) is 0 Å². The highest BCUT2D eigenvalue weighted by Gasteiger charge is 2.46. The summed E-state index contributed by atoms with van der Waals surface area (Å²) in [6, 6.07) is 62.2. The average Bonchev–Trinajstić information content (AvgIpc) is 3.70. The van der Waals surface area contributed by atoms with E-state index >= 15 is 0 Å². The average molecular weight is 628 g/mol. The fourth-order valence-corrected chi connectivity index (χ4v) is 8.59. The maximum atomic E-state index is 5.19. The van der Waals surface area contributed by atoms with Gasteiger partial charge in [-0.3, -0.25) is 4.57 Å². The third kappa shape index (κ3) is 3.81. The number of aryl methyl sites for hydroxylation is 1. The second-order valence-electron chi connectivity index (χ2n) is 13.0. The van der Waals surface area contributed by atoms with Crippen molar-refractivity contribution in [2.24, 2.45) is 0 Å². The van der Waals surface area contributed by atoms with E-state index in [1.165, 1.54) is 50.2 Å². The highest BCUT2D eigenvalue weighted by Crippen LogP contribution is 2.57. The maximum absolute atomic E-state index is 5.19. The van der Waals surface area contributed by atoms with Crippen LogP contribution in [0.1, 0.15) is 35.0 Å². The van der Waals surface area contributed by atoms with Crippen molar-refractivity contribution >= 4 is 28.1 Å². The SMILES string of the molecule is CCc1nc2cccc3c2n1-c1c(-c2ccc4c(c2)C(c2ccccc2)(c2ccccc2)c2ccccc2-4)cccc1N3c1ccccc1. The summed E-state index contributed by atoms with van der Waals surface area (Å²) in [5.74, 6) is 1.07. The summed E-state index contributed by atoms with van der Waals surface area (Å²) in [6.45, 7) is 2.21. The van der Waals surface area contributed by atoms with Crippen LogP contribution in [0.2, 0.25) is 0 Å². The summed E-state index contributed by atoms with van der Waals surface area (Å²) in [7, 11) is 0. The number of rotatable bonds is 5. The zero-order valence-corrected chi connectivity index (χ0v) is 27.2. The molecule has 1 aromatic heterocycles. The Morgan fingerprint density at radius 1 is 0.531 bits per heavy atom. The van der Waals surface area contributed by atoms with Gasteiger partial charge in [0, 0.05) is 17.7 Å². The molecule has 0 saturated heterocycles. The molecule has 49 heavy (non-hydrogen) atoms. The lowest BCUT2D eigenvalue weighted by Crippen LogP contribution is -2.28. The molecule has 8 aromatic rings. The third-order valence-electron chi connectivity index (χ3n) is 10.5. The van der Waals surface area contributed by atoms with Gasteiger partial charge in [-0.05, 0) is 75.3 Å². The summed E-state index contributed by atoms with van der Waals surface area (Å²) in [6.07, 6.45) is 0.831. The van der Waals surface area contributed by atoms with E-state index in [-0.39, 0.29) is 0 Å². The molecule has 2 aliphatic rings. The Hall–Kier alpha value is -6.19. The molecule has 3 nitrogen and oxygen atoms in total. The Kier molecular flexibility index (Phi) is 6.07. The van der Waals surface area contributed by atoms with E-state index in [9.17, 15) is 0 Å². The first kappa shape index (κ1) is 27.9. The van der Waals surface area contributed by atoms with Crippen molar-refractivity contribution in [2.75, 3.05) is 4.90 Å². The lowest BCUT2D eigenvalue weighted by atomic mass is 9.67. The van der Waals surface area contributed by atoms with Gasteiger partial charge < -0.3 is 4.90 Å². The first-order chi connectivity index (χ1) is 24.3. The van der Waals surface area contributed by atoms with E-state index in [1.54, 1.807) is 0 Å². The molecule has 232 valence electrons. The number of hydrogen-bond acceptors (Lipinski definition) is 2. The Balaban J connectivity index is 1.29. The van der Waals surface area contributed by atoms with Crippen molar-refractivity contribution < 1.29 is 0 Å². The third-order valence-corrected chi connectivity index (χ3v) is 10.5. The van der Waals surface area contributed by atoms with E-state index in [2.05, 4.69) is 186 Å². The number of benzene rings is 7. The van der Waals surface area contributed by atoms with Crippen molar-refractivity contribution in [3.05, 3.63) is 198 Å². The number of aromatic nitrogens is 2. The first-order valence-corrected chi connectivity index (χ1v) is 17.1. The number of imidazole rings is 1. The summed E-state index contributed by atoms with van der Waals surface area (Å²) < 4.78 is 2.43. The zero-order valence-electron chi connectivity index (χ0n) is 27.2. The second-order valence-corrected chi connectivity index (χ2v) is 13.0. The molecule has 1 aliphatic heterocycles. The monoisotopic (exact) mass is 627 g/mol. The number of para-hydroxylation sites is 3. The lowest BCUT2D eigenvalue weighted by Gasteiger charge is -2.35. The van der Waals surface area contributed by atoms with Gasteiger partial charge >= 0.3 is 0 Å². The van der Waals surface area contributed by atoms with Crippen LogP contribution in [0.25, 0.3) is 39.0 Å². The van der Waals surface area contributed by atoms with E-state index in [4.69, 9.17) is 4.98 Å². The van der Waals surface area contributed by atoms with Crippen molar-refractivity contribution in [3.8, 4) is 27.9 Å².